The van der Waals surface area contributed by atoms with E-state index >= 15 is 0 Å². The van der Waals surface area contributed by atoms with Gasteiger partial charge in [-0.2, -0.15) is 0 Å². The van der Waals surface area contributed by atoms with Crippen molar-refractivity contribution in [2.45, 2.75) is 12.1 Å². The van der Waals surface area contributed by atoms with Crippen molar-refractivity contribution in [3.8, 4) is 0 Å². The maximum Gasteiger partial charge on any atom is 0.347 e. The van der Waals surface area contributed by atoms with E-state index in [0.717, 1.165) is 0 Å². The molecule has 8 rings (SSSR count). The lowest BCUT2D eigenvalue weighted by Gasteiger charge is -2.99. The molecule has 5 fully saturated rings. The molecule has 4 saturated carbocycles. The first-order valence-electron chi connectivity index (χ1n) is 7.49. The average molecular weight is 307 g/mol. The molecule has 8 heteroatoms. The molecule has 1 aromatic rings. The quantitative estimate of drug-likeness (QED) is 0.576. The highest BCUT2D eigenvalue weighted by Crippen LogP contribution is 3.03. The second-order valence-electron chi connectivity index (χ2n) is 8.02. The van der Waals surface area contributed by atoms with E-state index < -0.39 is 9.84 Å². The van der Waals surface area contributed by atoms with Crippen molar-refractivity contribution in [1.82, 2.24) is 13.9 Å². The summed E-state index contributed by atoms with van der Waals surface area (Å²) in [6.45, 7) is 0. The van der Waals surface area contributed by atoms with E-state index in [0.29, 0.717) is 23.7 Å². The van der Waals surface area contributed by atoms with Gasteiger partial charge in [0.1, 0.15) is 0 Å². The van der Waals surface area contributed by atoms with Gasteiger partial charge in [0.05, 0.1) is 23.6 Å². The smallest absolute Gasteiger partial charge is 0.246 e. The van der Waals surface area contributed by atoms with E-state index in [-0.39, 0.29) is 45.8 Å². The monoisotopic (exact) mass is 307 g/mol. The van der Waals surface area contributed by atoms with Crippen molar-refractivity contribution < 1.29 is 8.42 Å². The molecular formula is C13H13N3O4S. The van der Waals surface area contributed by atoms with Gasteiger partial charge in [0.2, 0.25) is 0 Å². The van der Waals surface area contributed by atoms with Crippen LogP contribution in [-0.2, 0) is 16.9 Å². The molecule has 4 heterocycles. The second kappa shape index (κ2) is 2.19. The van der Waals surface area contributed by atoms with Gasteiger partial charge in [-0.3, -0.25) is 0 Å². The highest BCUT2D eigenvalue weighted by molar-refractivity contribution is 7.91. The first-order valence-corrected chi connectivity index (χ1v) is 9.31. The summed E-state index contributed by atoms with van der Waals surface area (Å²) in [4.78, 5) is 24.8. The Kier molecular flexibility index (Phi) is 1.09. The second-order valence-corrected chi connectivity index (χ2v) is 10.1. The molecule has 7 aliphatic rings. The molecule has 3 aliphatic heterocycles. The molecule has 4 aliphatic carbocycles. The minimum Gasteiger partial charge on any atom is -0.246 e. The predicted octanol–water partition coefficient (Wildman–Crippen LogP) is -1.64. The zero-order chi connectivity index (χ0) is 14.3. The fourth-order valence-electron chi connectivity index (χ4n) is 8.13. The van der Waals surface area contributed by atoms with Crippen LogP contribution in [0.25, 0.3) is 0 Å². The molecular weight excluding hydrogens is 294 g/mol. The lowest BCUT2D eigenvalue weighted by atomic mass is 9.06. The number of rotatable bonds is 0. The molecule has 0 N–H and O–H groups in total. The fraction of sp³-hybridized carbons (Fsp3) is 0.846. The fourth-order valence-corrected chi connectivity index (χ4v) is 10.9. The minimum absolute atomic E-state index is 0.0406. The van der Waals surface area contributed by atoms with Crippen LogP contribution < -0.4 is 11.4 Å². The third kappa shape index (κ3) is 0.569. The third-order valence-electron chi connectivity index (χ3n) is 8.14. The van der Waals surface area contributed by atoms with Crippen molar-refractivity contribution in [2.75, 3.05) is 11.5 Å². The van der Waals surface area contributed by atoms with Gasteiger partial charge in [-0.1, -0.05) is 0 Å². The molecule has 1 saturated heterocycles. The molecule has 1 aromatic heterocycles. The Labute approximate surface area is 119 Å². The molecule has 21 heavy (non-hydrogen) atoms. The van der Waals surface area contributed by atoms with E-state index in [4.69, 9.17) is 0 Å². The Morgan fingerprint density at radius 1 is 0.952 bits per heavy atom. The Bertz CT molecular complexity index is 957. The summed E-state index contributed by atoms with van der Waals surface area (Å²) < 4.78 is 29.1. The van der Waals surface area contributed by atoms with Gasteiger partial charge in [0.25, 0.3) is 0 Å². The van der Waals surface area contributed by atoms with Crippen molar-refractivity contribution in [3.05, 3.63) is 21.0 Å². The van der Waals surface area contributed by atoms with Crippen LogP contribution in [0.2, 0.25) is 0 Å². The van der Waals surface area contributed by atoms with Crippen LogP contribution in [0.5, 0.6) is 0 Å². The van der Waals surface area contributed by atoms with Crippen molar-refractivity contribution in [3.63, 3.8) is 0 Å². The summed E-state index contributed by atoms with van der Waals surface area (Å²) in [5.74, 6) is 2.40. The van der Waals surface area contributed by atoms with E-state index in [1.165, 1.54) is 11.6 Å². The summed E-state index contributed by atoms with van der Waals surface area (Å²) in [5.41, 5.74) is -0.958. The molecule has 2 spiro atoms. The highest BCUT2D eigenvalue weighted by Gasteiger charge is 3.05. The minimum atomic E-state index is -3.04. The van der Waals surface area contributed by atoms with Gasteiger partial charge < -0.3 is 0 Å². The molecule has 0 unspecified atom stereocenters. The van der Waals surface area contributed by atoms with E-state index in [2.05, 4.69) is 0 Å². The molecule has 7 nitrogen and oxygen atoms in total. The maximum absolute atomic E-state index is 12.4. The predicted molar refractivity (Wildman–Crippen MR) is 69.5 cm³/mol. The third-order valence-corrected chi connectivity index (χ3v) is 9.98. The van der Waals surface area contributed by atoms with Gasteiger partial charge in [-0.15, -0.1) is 0 Å². The molecule has 0 radical (unpaired) electrons. The van der Waals surface area contributed by atoms with Crippen molar-refractivity contribution in [1.29, 1.82) is 0 Å². The number of hydrogen-bond donors (Lipinski definition) is 0. The van der Waals surface area contributed by atoms with E-state index in [1.54, 1.807) is 9.36 Å². The molecule has 110 valence electrons. The maximum atomic E-state index is 12.4. The number of hydrogen-bond acceptors (Lipinski definition) is 4. The summed E-state index contributed by atoms with van der Waals surface area (Å²) in [6.07, 6.45) is 0. The number of aromatic nitrogens is 3. The molecule has 0 aromatic carbocycles. The van der Waals surface area contributed by atoms with Crippen molar-refractivity contribution >= 4 is 9.84 Å². The molecule has 2 bridgehead atoms. The normalized spacial score (nSPS) is 60.8. The largest absolute Gasteiger partial charge is 0.347 e. The van der Waals surface area contributed by atoms with Crippen LogP contribution in [0, 0.1) is 34.5 Å². The number of sulfone groups is 1. The first kappa shape index (κ1) is 10.4. The zero-order valence-corrected chi connectivity index (χ0v) is 12.1. The lowest BCUT2D eigenvalue weighted by Crippen LogP contribution is -3.00. The zero-order valence-electron chi connectivity index (χ0n) is 11.3. The van der Waals surface area contributed by atoms with Crippen LogP contribution in [0.1, 0.15) is 12.1 Å². The highest BCUT2D eigenvalue weighted by atomic mass is 32.2. The summed E-state index contributed by atoms with van der Waals surface area (Å²) in [6, 6.07) is -0.0812. The van der Waals surface area contributed by atoms with Crippen molar-refractivity contribution in [2.24, 2.45) is 41.5 Å². The van der Waals surface area contributed by atoms with Crippen LogP contribution in [0.15, 0.2) is 9.59 Å². The lowest BCUT2D eigenvalue weighted by molar-refractivity contribution is -0.533. The van der Waals surface area contributed by atoms with Gasteiger partial charge in [-0.25, -0.2) is 31.9 Å². The van der Waals surface area contributed by atoms with Crippen LogP contribution >= 0.6 is 0 Å². The molecule has 8 atom stereocenters. The summed E-state index contributed by atoms with van der Waals surface area (Å²) >= 11 is 0. The van der Waals surface area contributed by atoms with Crippen LogP contribution in [0.4, 0.5) is 0 Å². The topological polar surface area (TPSA) is 83.1 Å². The van der Waals surface area contributed by atoms with Crippen LogP contribution in [0.3, 0.4) is 0 Å². The standard InChI is InChI=1S/C13H13N3O4S/c1-14-10(17)15-8-4-5-7-6(4)12(8)2-21(19,20)3-13(7,12)9(5)16(15)11(14)18/h4-9H,2-3H2,1H3/t4-,5-,6-,7+,8+,9+,12+,13-/m1/s1. The van der Waals surface area contributed by atoms with Crippen LogP contribution in [-0.4, -0.2) is 33.9 Å². The Morgan fingerprint density at radius 2 is 1.38 bits per heavy atom. The first-order chi connectivity index (χ1) is 9.88. The number of nitrogens with zero attached hydrogens (tertiary/aromatic N) is 3. The molecule has 0 amide bonds. The van der Waals surface area contributed by atoms with Gasteiger partial charge in [0.15, 0.2) is 9.84 Å². The Hall–Kier alpha value is -1.31. The SMILES string of the molecule is Cn1c(=O)n2n(c1=O)[C@H]1[C@@H]3[C@@H]4[C@@H]5[C@H]3[C@]13CS(=O)(=O)C[C@@]53[C@H]42. The van der Waals surface area contributed by atoms with Gasteiger partial charge >= 0.3 is 11.4 Å². The average Bonchev–Trinajstić information content (AvgIpc) is 2.76. The van der Waals surface area contributed by atoms with E-state index in [9.17, 15) is 18.0 Å². The van der Waals surface area contributed by atoms with Gasteiger partial charge in [-0.05, 0) is 23.7 Å². The Balaban J connectivity index is 1.66. The Morgan fingerprint density at radius 3 is 1.81 bits per heavy atom. The summed E-state index contributed by atoms with van der Waals surface area (Å²) in [7, 11) is -1.52. The van der Waals surface area contributed by atoms with Gasteiger partial charge in [0, 0.05) is 17.9 Å². The van der Waals surface area contributed by atoms with E-state index in [1.807, 2.05) is 0 Å². The summed E-state index contributed by atoms with van der Waals surface area (Å²) in [5, 5.41) is 0.